The normalized spacial score (nSPS) is 15.2. The van der Waals surface area contributed by atoms with Crippen LogP contribution in [0.4, 0.5) is 16.2 Å². The van der Waals surface area contributed by atoms with Gasteiger partial charge < -0.3 is 10.1 Å². The van der Waals surface area contributed by atoms with Crippen LogP contribution >= 0.6 is 0 Å². The minimum absolute atomic E-state index is 0.112. The van der Waals surface area contributed by atoms with Crippen LogP contribution in [0.5, 0.6) is 5.88 Å². The molecule has 10 heteroatoms. The highest BCUT2D eigenvalue weighted by Crippen LogP contribution is 2.33. The SMILES string of the molecule is Cn1nccc1Nc1nccc(-c2cc3n4c(nnc4c2)C(Cc2ccc(F)cc2)CCO3)n1. The molecular weight excluding hydrogens is 435 g/mol. The van der Waals surface area contributed by atoms with Crippen LogP contribution in [0.1, 0.15) is 23.7 Å². The van der Waals surface area contributed by atoms with Gasteiger partial charge in [-0.2, -0.15) is 5.10 Å². The largest absolute Gasteiger partial charge is 0.478 e. The number of anilines is 2. The lowest BCUT2D eigenvalue weighted by atomic mass is 9.96. The van der Waals surface area contributed by atoms with Crippen molar-refractivity contribution in [3.05, 3.63) is 78.1 Å². The molecule has 0 bridgehead atoms. The average molecular weight is 456 g/mol. The molecule has 0 saturated heterocycles. The van der Waals surface area contributed by atoms with E-state index in [1.165, 1.54) is 12.1 Å². The first-order valence-electron chi connectivity index (χ1n) is 11.0. The minimum Gasteiger partial charge on any atom is -0.478 e. The van der Waals surface area contributed by atoms with Crippen molar-refractivity contribution in [1.82, 2.24) is 34.3 Å². The fraction of sp³-hybridized carbons (Fsp3) is 0.208. The van der Waals surface area contributed by atoms with Gasteiger partial charge in [0.25, 0.3) is 0 Å². The Labute approximate surface area is 194 Å². The highest BCUT2D eigenvalue weighted by atomic mass is 19.1. The molecule has 0 radical (unpaired) electrons. The molecule has 6 rings (SSSR count). The molecule has 1 aliphatic heterocycles. The quantitative estimate of drug-likeness (QED) is 0.428. The van der Waals surface area contributed by atoms with Crippen LogP contribution in [0.2, 0.25) is 0 Å². The monoisotopic (exact) mass is 456 g/mol. The van der Waals surface area contributed by atoms with E-state index < -0.39 is 0 Å². The number of aryl methyl sites for hydroxylation is 1. The van der Waals surface area contributed by atoms with Gasteiger partial charge in [0.1, 0.15) is 17.5 Å². The maximum Gasteiger partial charge on any atom is 0.228 e. The summed E-state index contributed by atoms with van der Waals surface area (Å²) in [7, 11) is 1.84. The Balaban J connectivity index is 1.34. The van der Waals surface area contributed by atoms with Gasteiger partial charge in [-0.1, -0.05) is 12.1 Å². The highest BCUT2D eigenvalue weighted by Gasteiger charge is 2.25. The van der Waals surface area contributed by atoms with Crippen LogP contribution in [-0.4, -0.2) is 41.0 Å². The number of benzene rings is 1. The summed E-state index contributed by atoms with van der Waals surface area (Å²) < 4.78 is 23.1. The molecule has 4 aromatic heterocycles. The predicted molar refractivity (Wildman–Crippen MR) is 123 cm³/mol. The molecule has 0 spiro atoms. The van der Waals surface area contributed by atoms with E-state index in [-0.39, 0.29) is 11.7 Å². The van der Waals surface area contributed by atoms with Crippen LogP contribution in [-0.2, 0) is 13.5 Å². The molecule has 5 aromatic rings. The topological polar surface area (TPSA) is 95.1 Å². The summed E-state index contributed by atoms with van der Waals surface area (Å²) in [5.74, 6) is 2.65. The first-order chi connectivity index (χ1) is 16.6. The van der Waals surface area contributed by atoms with E-state index in [1.807, 2.05) is 47.8 Å². The van der Waals surface area contributed by atoms with E-state index in [0.29, 0.717) is 24.1 Å². The molecule has 0 amide bonds. The zero-order valence-electron chi connectivity index (χ0n) is 18.4. The van der Waals surface area contributed by atoms with Gasteiger partial charge >= 0.3 is 0 Å². The molecule has 1 unspecified atom stereocenters. The van der Waals surface area contributed by atoms with Crippen LogP contribution < -0.4 is 10.1 Å². The molecule has 9 nitrogen and oxygen atoms in total. The standard InChI is InChI=1S/C24H21FN8O/c1-32-20(7-10-27-32)29-24-26-9-6-19(28-24)17-13-21-30-31-23-16(8-11-34-22(14-17)33(21)23)12-15-2-4-18(25)5-3-15/h2-7,9-10,13-14,16H,8,11-12H2,1H3,(H,26,28,29). The van der Waals surface area contributed by atoms with Gasteiger partial charge in [0.2, 0.25) is 11.8 Å². The molecule has 34 heavy (non-hydrogen) atoms. The molecule has 1 aromatic carbocycles. The van der Waals surface area contributed by atoms with Crippen LogP contribution in [0.25, 0.3) is 16.9 Å². The van der Waals surface area contributed by atoms with Crippen molar-refractivity contribution in [3.63, 3.8) is 0 Å². The fourth-order valence-electron chi connectivity index (χ4n) is 4.25. The molecule has 0 aliphatic carbocycles. The average Bonchev–Trinajstić information content (AvgIpc) is 3.41. The van der Waals surface area contributed by atoms with Crippen molar-refractivity contribution < 1.29 is 9.13 Å². The van der Waals surface area contributed by atoms with Gasteiger partial charge in [0.05, 0.1) is 18.5 Å². The number of hydrogen-bond donors (Lipinski definition) is 1. The van der Waals surface area contributed by atoms with Crippen LogP contribution in [0.15, 0.2) is 60.9 Å². The van der Waals surface area contributed by atoms with Crippen molar-refractivity contribution in [1.29, 1.82) is 0 Å². The molecular formula is C24H21FN8O. The van der Waals surface area contributed by atoms with E-state index in [9.17, 15) is 4.39 Å². The van der Waals surface area contributed by atoms with Gasteiger partial charge in [0, 0.05) is 36.9 Å². The number of hydrogen-bond acceptors (Lipinski definition) is 7. The predicted octanol–water partition coefficient (Wildman–Crippen LogP) is 3.91. The Bertz CT molecular complexity index is 1480. The minimum atomic E-state index is -0.237. The molecule has 1 N–H and O–H groups in total. The number of halogens is 1. The summed E-state index contributed by atoms with van der Waals surface area (Å²) in [6, 6.07) is 14.2. The Kier molecular flexibility index (Phi) is 4.90. The lowest BCUT2D eigenvalue weighted by Crippen LogP contribution is -2.08. The highest BCUT2D eigenvalue weighted by molar-refractivity contribution is 5.67. The second-order valence-electron chi connectivity index (χ2n) is 8.23. The van der Waals surface area contributed by atoms with Gasteiger partial charge in [-0.15, -0.1) is 10.2 Å². The van der Waals surface area contributed by atoms with Gasteiger partial charge in [-0.25, -0.2) is 18.8 Å². The molecule has 5 heterocycles. The lowest BCUT2D eigenvalue weighted by Gasteiger charge is -2.12. The summed E-state index contributed by atoms with van der Waals surface area (Å²) in [4.78, 5) is 8.98. The zero-order valence-corrected chi connectivity index (χ0v) is 18.4. The number of ether oxygens (including phenoxy) is 1. The van der Waals surface area contributed by atoms with Gasteiger partial charge in [-0.05, 0) is 42.7 Å². The van der Waals surface area contributed by atoms with Crippen LogP contribution in [0, 0.1) is 5.82 Å². The number of aromatic nitrogens is 7. The second kappa shape index (κ2) is 8.22. The van der Waals surface area contributed by atoms with Crippen molar-refractivity contribution in [2.75, 3.05) is 11.9 Å². The summed E-state index contributed by atoms with van der Waals surface area (Å²) in [6.45, 7) is 0.546. The molecule has 0 fully saturated rings. The first kappa shape index (κ1) is 20.3. The van der Waals surface area contributed by atoms with Gasteiger partial charge in [-0.3, -0.25) is 4.68 Å². The Morgan fingerprint density at radius 2 is 1.97 bits per heavy atom. The van der Waals surface area contributed by atoms with Crippen molar-refractivity contribution >= 4 is 17.4 Å². The van der Waals surface area contributed by atoms with Crippen molar-refractivity contribution in [3.8, 4) is 17.1 Å². The lowest BCUT2D eigenvalue weighted by molar-refractivity contribution is 0.296. The summed E-state index contributed by atoms with van der Waals surface area (Å²) in [6.07, 6.45) is 4.93. The first-order valence-corrected chi connectivity index (χ1v) is 11.0. The molecule has 1 atom stereocenters. The third-order valence-corrected chi connectivity index (χ3v) is 5.99. The summed E-state index contributed by atoms with van der Waals surface area (Å²) in [5.41, 5.74) is 3.33. The van der Waals surface area contributed by atoms with E-state index in [1.54, 1.807) is 17.1 Å². The smallest absolute Gasteiger partial charge is 0.228 e. The van der Waals surface area contributed by atoms with E-state index in [4.69, 9.17) is 4.74 Å². The Morgan fingerprint density at radius 1 is 1.09 bits per heavy atom. The Hall–Kier alpha value is -4.34. The number of nitrogens with zero attached hydrogens (tertiary/aromatic N) is 7. The molecule has 0 saturated carbocycles. The van der Waals surface area contributed by atoms with Gasteiger partial charge in [0.15, 0.2) is 5.65 Å². The number of rotatable bonds is 5. The van der Waals surface area contributed by atoms with E-state index in [0.717, 1.165) is 41.3 Å². The van der Waals surface area contributed by atoms with Crippen molar-refractivity contribution in [2.45, 2.75) is 18.8 Å². The molecule has 170 valence electrons. The summed E-state index contributed by atoms with van der Waals surface area (Å²) >= 11 is 0. The maximum atomic E-state index is 13.3. The Morgan fingerprint density at radius 3 is 2.79 bits per heavy atom. The maximum absolute atomic E-state index is 13.3. The van der Waals surface area contributed by atoms with E-state index >= 15 is 0 Å². The number of nitrogens with one attached hydrogen (secondary N) is 1. The number of pyridine rings is 1. The fourth-order valence-corrected chi connectivity index (χ4v) is 4.25. The van der Waals surface area contributed by atoms with Crippen LogP contribution in [0.3, 0.4) is 0 Å². The zero-order chi connectivity index (χ0) is 23.1. The van der Waals surface area contributed by atoms with E-state index in [2.05, 4.69) is 30.6 Å². The van der Waals surface area contributed by atoms with Crippen molar-refractivity contribution in [2.24, 2.45) is 7.05 Å². The second-order valence-corrected chi connectivity index (χ2v) is 8.23. The summed E-state index contributed by atoms with van der Waals surface area (Å²) in [5, 5.41) is 16.2. The third-order valence-electron chi connectivity index (χ3n) is 5.99. The third kappa shape index (κ3) is 3.72. The molecule has 1 aliphatic rings.